The number of esters is 1. The summed E-state index contributed by atoms with van der Waals surface area (Å²) in [4.78, 5) is 86.5. The molecule has 42 heavy (non-hydrogen) atoms. The highest BCUT2D eigenvalue weighted by Gasteiger charge is 2.32. The van der Waals surface area contributed by atoms with Crippen molar-refractivity contribution in [1.29, 1.82) is 0 Å². The van der Waals surface area contributed by atoms with E-state index in [4.69, 9.17) is 11.5 Å². The smallest absolute Gasteiger partial charge is 0.376 e. The molecule has 0 aliphatic heterocycles. The van der Waals surface area contributed by atoms with Gasteiger partial charge in [0.25, 0.3) is 5.78 Å². The van der Waals surface area contributed by atoms with Crippen LogP contribution in [0.4, 0.5) is 0 Å². The van der Waals surface area contributed by atoms with Crippen molar-refractivity contribution in [3.8, 4) is 0 Å². The second-order valence-corrected chi connectivity index (χ2v) is 9.60. The molecule has 5 amide bonds. The summed E-state index contributed by atoms with van der Waals surface area (Å²) in [5, 5.41) is 25.0. The molecule has 0 aromatic heterocycles. The first-order chi connectivity index (χ1) is 19.7. The van der Waals surface area contributed by atoms with Crippen LogP contribution in [0.25, 0.3) is 0 Å². The van der Waals surface area contributed by atoms with Gasteiger partial charge >= 0.3 is 5.97 Å². The highest BCUT2D eigenvalue weighted by Crippen LogP contribution is 2.04. The van der Waals surface area contributed by atoms with Crippen molar-refractivity contribution in [2.24, 2.45) is 11.5 Å². The molecule has 0 aliphatic carbocycles. The lowest BCUT2D eigenvalue weighted by Gasteiger charge is -2.26. The molecule has 0 fully saturated rings. The monoisotopic (exact) mass is 602 g/mol. The largest absolute Gasteiger partial charge is 0.463 e. The third kappa shape index (κ3) is 13.8. The molecule has 0 rings (SSSR count). The number of carbonyl (C=O) groups excluding carboxylic acids is 7. The predicted octanol–water partition coefficient (Wildman–Crippen LogP) is -4.73. The minimum Gasteiger partial charge on any atom is -0.463 e. The molecule has 0 aromatic rings. The van der Waals surface area contributed by atoms with E-state index in [1.807, 2.05) is 0 Å². The van der Waals surface area contributed by atoms with Gasteiger partial charge in [-0.25, -0.2) is 4.79 Å². The third-order valence-electron chi connectivity index (χ3n) is 6.02. The van der Waals surface area contributed by atoms with Gasteiger partial charge in [-0.2, -0.15) is 0 Å². The zero-order chi connectivity index (χ0) is 32.4. The van der Waals surface area contributed by atoms with E-state index in [1.165, 1.54) is 20.8 Å². The Morgan fingerprint density at radius 1 is 0.762 bits per heavy atom. The molecular formula is C25H46N8O9. The Kier molecular flexibility index (Phi) is 18.5. The highest BCUT2D eigenvalue weighted by atomic mass is 16.5. The fourth-order valence-electron chi connectivity index (χ4n) is 3.48. The molecule has 0 bridgehead atoms. The first-order valence-corrected chi connectivity index (χ1v) is 13.6. The van der Waals surface area contributed by atoms with Crippen LogP contribution in [0.5, 0.6) is 0 Å². The summed E-state index contributed by atoms with van der Waals surface area (Å²) >= 11 is 0. The molecule has 0 saturated heterocycles. The summed E-state index contributed by atoms with van der Waals surface area (Å²) in [6.07, 6.45) is 0.103. The van der Waals surface area contributed by atoms with E-state index in [2.05, 4.69) is 36.6 Å². The number of amides is 5. The lowest BCUT2D eigenvalue weighted by Crippen LogP contribution is -2.61. The summed E-state index contributed by atoms with van der Waals surface area (Å²) in [5.41, 5.74) is 11.1. The Morgan fingerprint density at radius 2 is 1.36 bits per heavy atom. The molecule has 1 unspecified atom stereocenters. The summed E-state index contributed by atoms with van der Waals surface area (Å²) in [5.74, 6) is -5.88. The fourth-order valence-corrected chi connectivity index (χ4v) is 3.48. The third-order valence-corrected chi connectivity index (χ3v) is 6.02. The Labute approximate surface area is 245 Å². The molecule has 0 radical (unpaired) electrons. The maximum atomic E-state index is 13.0. The molecule has 6 atom stereocenters. The van der Waals surface area contributed by atoms with Crippen LogP contribution in [0.2, 0.25) is 0 Å². The standard InChI is InChI=1S/C25H46N8O9/c1-13(20(36)25(41)42-5)29-23(39)17(12-27)32-21(37)14(2)30-24(40)19(15(3)34)33-22(38)16(8-6-7-10-26)31-18(35)9-11-28-4/h13-17,19,28,34H,6-12,26-27H2,1-5H3,(H,29,39)(H,30,40)(H,31,35)(H,32,37)(H,33,38)/t13-,14-,15+,16?,17-,19-/m0/s1. The number of unbranched alkanes of at least 4 members (excludes halogenated alkanes) is 1. The van der Waals surface area contributed by atoms with Gasteiger partial charge in [0.1, 0.15) is 24.2 Å². The molecule has 17 heteroatoms. The lowest BCUT2D eigenvalue weighted by atomic mass is 10.1. The van der Waals surface area contributed by atoms with E-state index in [-0.39, 0.29) is 25.3 Å². The minimum absolute atomic E-state index is 0.117. The van der Waals surface area contributed by atoms with Crippen LogP contribution in [-0.4, -0.2) is 116 Å². The van der Waals surface area contributed by atoms with Crippen molar-refractivity contribution in [1.82, 2.24) is 31.9 Å². The number of hydrogen-bond donors (Lipinski definition) is 9. The number of methoxy groups -OCH3 is 1. The van der Waals surface area contributed by atoms with Gasteiger partial charge in [0.2, 0.25) is 29.5 Å². The Hall–Kier alpha value is -3.67. The van der Waals surface area contributed by atoms with Crippen LogP contribution in [0, 0.1) is 0 Å². The molecule has 240 valence electrons. The quantitative estimate of drug-likeness (QED) is 0.0361. The Balaban J connectivity index is 5.35. The van der Waals surface area contributed by atoms with Crippen molar-refractivity contribution in [2.75, 3.05) is 33.8 Å². The van der Waals surface area contributed by atoms with E-state index in [0.29, 0.717) is 25.9 Å². The van der Waals surface area contributed by atoms with Crippen LogP contribution in [0.3, 0.4) is 0 Å². The van der Waals surface area contributed by atoms with Gasteiger partial charge in [-0.3, -0.25) is 28.8 Å². The van der Waals surface area contributed by atoms with Crippen LogP contribution in [0.15, 0.2) is 0 Å². The number of nitrogens with one attached hydrogen (secondary N) is 6. The van der Waals surface area contributed by atoms with Crippen molar-refractivity contribution in [3.63, 3.8) is 0 Å². The minimum atomic E-state index is -1.49. The normalized spacial score (nSPS) is 15.0. The van der Waals surface area contributed by atoms with Gasteiger partial charge < -0.3 is 53.2 Å². The molecule has 0 spiro atoms. The molecule has 0 heterocycles. The van der Waals surface area contributed by atoms with E-state index in [1.54, 1.807) is 7.05 Å². The Bertz CT molecular complexity index is 947. The van der Waals surface area contributed by atoms with Crippen molar-refractivity contribution in [2.45, 2.75) is 82.8 Å². The fraction of sp³-hybridized carbons (Fsp3) is 0.720. The van der Waals surface area contributed by atoms with E-state index >= 15 is 0 Å². The maximum absolute atomic E-state index is 13.0. The molecule has 0 saturated carbocycles. The van der Waals surface area contributed by atoms with Gasteiger partial charge in [0.05, 0.1) is 19.3 Å². The van der Waals surface area contributed by atoms with E-state index in [0.717, 1.165) is 7.11 Å². The van der Waals surface area contributed by atoms with Gasteiger partial charge in [-0.15, -0.1) is 0 Å². The van der Waals surface area contributed by atoms with Gasteiger partial charge in [0, 0.05) is 19.5 Å². The zero-order valence-corrected chi connectivity index (χ0v) is 24.8. The van der Waals surface area contributed by atoms with Crippen LogP contribution >= 0.6 is 0 Å². The summed E-state index contributed by atoms with van der Waals surface area (Å²) < 4.78 is 4.32. The zero-order valence-electron chi connectivity index (χ0n) is 24.8. The number of rotatable bonds is 20. The van der Waals surface area contributed by atoms with Crippen LogP contribution < -0.4 is 43.4 Å². The van der Waals surface area contributed by atoms with Crippen LogP contribution in [-0.2, 0) is 38.3 Å². The van der Waals surface area contributed by atoms with Gasteiger partial charge in [-0.1, -0.05) is 0 Å². The van der Waals surface area contributed by atoms with E-state index in [9.17, 15) is 38.7 Å². The molecule has 17 nitrogen and oxygen atoms in total. The van der Waals surface area contributed by atoms with Gasteiger partial charge in [0.15, 0.2) is 0 Å². The first-order valence-electron chi connectivity index (χ1n) is 13.6. The van der Waals surface area contributed by atoms with Crippen molar-refractivity contribution >= 4 is 41.3 Å². The number of aliphatic hydroxyl groups excluding tert-OH is 1. The van der Waals surface area contributed by atoms with Crippen molar-refractivity contribution in [3.05, 3.63) is 0 Å². The van der Waals surface area contributed by atoms with E-state index < -0.39 is 71.7 Å². The van der Waals surface area contributed by atoms with Gasteiger partial charge in [-0.05, 0) is 53.6 Å². The summed E-state index contributed by atoms with van der Waals surface area (Å²) in [7, 11) is 2.68. The lowest BCUT2D eigenvalue weighted by molar-refractivity contribution is -0.152. The topological polar surface area (TPSA) is 273 Å². The average molecular weight is 603 g/mol. The number of hydrogen-bond acceptors (Lipinski definition) is 12. The highest BCUT2D eigenvalue weighted by molar-refractivity contribution is 6.35. The number of carbonyl (C=O) groups is 7. The number of aliphatic hydroxyl groups is 1. The molecule has 11 N–H and O–H groups in total. The SMILES string of the molecule is CNCCC(=O)NC(CCCCN)C(=O)N[C@H](C(=O)N[C@@H](C)C(=O)N[C@@H](CN)C(=O)N[C@@H](C)C(=O)C(=O)OC)[C@@H](C)O. The number of ketones is 1. The predicted molar refractivity (Wildman–Crippen MR) is 150 cm³/mol. The second-order valence-electron chi connectivity index (χ2n) is 9.60. The Morgan fingerprint density at radius 3 is 1.88 bits per heavy atom. The molecule has 0 aliphatic rings. The molecule has 0 aromatic carbocycles. The second kappa shape index (κ2) is 20.2. The maximum Gasteiger partial charge on any atom is 0.376 e. The van der Waals surface area contributed by atoms with Crippen molar-refractivity contribution < 1.29 is 43.4 Å². The number of Topliss-reactive ketones (excluding diaryl/α,β-unsaturated/α-hetero) is 1. The van der Waals surface area contributed by atoms with Crippen LogP contribution in [0.1, 0.15) is 46.5 Å². The summed E-state index contributed by atoms with van der Waals surface area (Å²) in [6.45, 7) is 4.19. The molecular weight excluding hydrogens is 556 g/mol. The number of ether oxygens (including phenoxy) is 1. The number of nitrogens with two attached hydrogens (primary N) is 2. The first kappa shape index (κ1) is 38.3. The average Bonchev–Trinajstić information content (AvgIpc) is 2.95. The summed E-state index contributed by atoms with van der Waals surface area (Å²) in [6, 6.07) is -6.31.